The van der Waals surface area contributed by atoms with E-state index in [4.69, 9.17) is 0 Å². The van der Waals surface area contributed by atoms with Gasteiger partial charge in [-0.2, -0.15) is 0 Å². The second kappa shape index (κ2) is 6.27. The standard InChI is InChI=1S/C18H23N3/c1-3-21-13-7-10-17(21)15-11-12-18(19-14-15)20(2)16-8-5-4-6-9-16/h4-6,8-9,11-12,14,17H,3,7,10,13H2,1-2H3/t17-/m1/s1. The van der Waals surface area contributed by atoms with Crippen LogP contribution >= 0.6 is 0 Å². The lowest BCUT2D eigenvalue weighted by Gasteiger charge is -2.24. The molecule has 0 spiro atoms. The maximum absolute atomic E-state index is 4.67. The van der Waals surface area contributed by atoms with Crippen molar-refractivity contribution in [1.82, 2.24) is 9.88 Å². The van der Waals surface area contributed by atoms with Crippen LogP contribution < -0.4 is 4.90 Å². The maximum Gasteiger partial charge on any atom is 0.132 e. The van der Waals surface area contributed by atoms with Gasteiger partial charge >= 0.3 is 0 Å². The van der Waals surface area contributed by atoms with Crippen molar-refractivity contribution in [2.45, 2.75) is 25.8 Å². The van der Waals surface area contributed by atoms with Crippen LogP contribution in [0.1, 0.15) is 31.4 Å². The molecular formula is C18H23N3. The van der Waals surface area contributed by atoms with Crippen molar-refractivity contribution in [1.29, 1.82) is 0 Å². The second-order valence-electron chi connectivity index (χ2n) is 5.63. The number of pyridine rings is 1. The van der Waals surface area contributed by atoms with Gasteiger partial charge in [0.05, 0.1) is 0 Å². The monoisotopic (exact) mass is 281 g/mol. The van der Waals surface area contributed by atoms with E-state index in [2.05, 4.69) is 65.2 Å². The quantitative estimate of drug-likeness (QED) is 0.844. The van der Waals surface area contributed by atoms with Crippen molar-refractivity contribution in [3.05, 3.63) is 54.2 Å². The van der Waals surface area contributed by atoms with E-state index in [9.17, 15) is 0 Å². The maximum atomic E-state index is 4.67. The SMILES string of the molecule is CCN1CCC[C@@H]1c1ccc(N(C)c2ccccc2)nc1. The normalized spacial score (nSPS) is 18.9. The van der Waals surface area contributed by atoms with Gasteiger partial charge in [0.15, 0.2) is 0 Å². The molecule has 2 aromatic rings. The number of nitrogens with zero attached hydrogens (tertiary/aromatic N) is 3. The fourth-order valence-corrected chi connectivity index (χ4v) is 3.16. The van der Waals surface area contributed by atoms with Gasteiger partial charge in [0.1, 0.15) is 5.82 Å². The number of anilines is 2. The highest BCUT2D eigenvalue weighted by atomic mass is 15.2. The van der Waals surface area contributed by atoms with Crippen LogP contribution in [-0.4, -0.2) is 30.0 Å². The average Bonchev–Trinajstić information content (AvgIpc) is 3.04. The minimum Gasteiger partial charge on any atom is -0.329 e. The van der Waals surface area contributed by atoms with Gasteiger partial charge in [0, 0.05) is 25.0 Å². The Morgan fingerprint density at radius 2 is 2.00 bits per heavy atom. The van der Waals surface area contributed by atoms with Crippen LogP contribution in [0.4, 0.5) is 11.5 Å². The molecule has 3 heteroatoms. The first-order chi connectivity index (χ1) is 10.3. The predicted molar refractivity (Wildman–Crippen MR) is 88.0 cm³/mol. The molecule has 1 saturated heterocycles. The van der Waals surface area contributed by atoms with Crippen molar-refractivity contribution in [3.8, 4) is 0 Å². The summed E-state index contributed by atoms with van der Waals surface area (Å²) in [5, 5.41) is 0. The molecule has 1 fully saturated rings. The molecule has 1 atom stereocenters. The average molecular weight is 281 g/mol. The summed E-state index contributed by atoms with van der Waals surface area (Å²) < 4.78 is 0. The Morgan fingerprint density at radius 3 is 2.67 bits per heavy atom. The zero-order valence-electron chi connectivity index (χ0n) is 12.9. The Hall–Kier alpha value is -1.87. The molecule has 1 aromatic heterocycles. The van der Waals surface area contributed by atoms with Crippen molar-refractivity contribution in [3.63, 3.8) is 0 Å². The third-order valence-electron chi connectivity index (χ3n) is 4.41. The lowest BCUT2D eigenvalue weighted by molar-refractivity contribution is 0.271. The summed E-state index contributed by atoms with van der Waals surface area (Å²) in [4.78, 5) is 9.33. The zero-order valence-corrected chi connectivity index (χ0v) is 12.9. The highest BCUT2D eigenvalue weighted by Crippen LogP contribution is 2.32. The first-order valence-electron chi connectivity index (χ1n) is 7.78. The molecular weight excluding hydrogens is 258 g/mol. The molecule has 1 aliphatic heterocycles. The van der Waals surface area contributed by atoms with Crippen molar-refractivity contribution in [2.24, 2.45) is 0 Å². The number of para-hydroxylation sites is 1. The molecule has 1 aliphatic rings. The number of benzene rings is 1. The molecule has 3 rings (SSSR count). The lowest BCUT2D eigenvalue weighted by atomic mass is 10.1. The first-order valence-corrected chi connectivity index (χ1v) is 7.78. The van der Waals surface area contributed by atoms with E-state index in [1.54, 1.807) is 0 Å². The molecule has 0 bridgehead atoms. The largest absolute Gasteiger partial charge is 0.329 e. The van der Waals surface area contributed by atoms with Crippen LogP contribution in [0.5, 0.6) is 0 Å². The highest BCUT2D eigenvalue weighted by molar-refractivity contribution is 5.58. The van der Waals surface area contributed by atoms with Crippen LogP contribution in [0, 0.1) is 0 Å². The van der Waals surface area contributed by atoms with Gasteiger partial charge in [0.2, 0.25) is 0 Å². The number of aromatic nitrogens is 1. The molecule has 0 amide bonds. The zero-order chi connectivity index (χ0) is 14.7. The number of likely N-dealkylation sites (tertiary alicyclic amines) is 1. The van der Waals surface area contributed by atoms with E-state index in [1.807, 2.05) is 12.3 Å². The Morgan fingerprint density at radius 1 is 1.19 bits per heavy atom. The molecule has 0 aliphatic carbocycles. The molecule has 21 heavy (non-hydrogen) atoms. The van der Waals surface area contributed by atoms with Gasteiger partial charge in [-0.05, 0) is 49.7 Å². The fourth-order valence-electron chi connectivity index (χ4n) is 3.16. The van der Waals surface area contributed by atoms with Crippen molar-refractivity contribution in [2.75, 3.05) is 25.0 Å². The van der Waals surface area contributed by atoms with E-state index in [-0.39, 0.29) is 0 Å². The van der Waals surface area contributed by atoms with Crippen molar-refractivity contribution < 1.29 is 0 Å². The highest BCUT2D eigenvalue weighted by Gasteiger charge is 2.24. The molecule has 0 N–H and O–H groups in total. The third kappa shape index (κ3) is 2.93. The summed E-state index contributed by atoms with van der Waals surface area (Å²) in [6.07, 6.45) is 4.60. The molecule has 0 radical (unpaired) electrons. The van der Waals surface area contributed by atoms with Gasteiger partial charge < -0.3 is 4.90 Å². The van der Waals surface area contributed by atoms with Crippen molar-refractivity contribution >= 4 is 11.5 Å². The van der Waals surface area contributed by atoms with Crippen LogP contribution in [-0.2, 0) is 0 Å². The van der Waals surface area contributed by atoms with E-state index < -0.39 is 0 Å². The summed E-state index contributed by atoms with van der Waals surface area (Å²) in [7, 11) is 2.06. The van der Waals surface area contributed by atoms with E-state index in [0.29, 0.717) is 6.04 Å². The minimum atomic E-state index is 0.554. The Balaban J connectivity index is 1.78. The first kappa shape index (κ1) is 14.1. The fraction of sp³-hybridized carbons (Fsp3) is 0.389. The smallest absolute Gasteiger partial charge is 0.132 e. The molecule has 110 valence electrons. The van der Waals surface area contributed by atoms with Crippen LogP contribution in [0.3, 0.4) is 0 Å². The number of hydrogen-bond donors (Lipinski definition) is 0. The van der Waals surface area contributed by atoms with E-state index in [1.165, 1.54) is 24.9 Å². The van der Waals surface area contributed by atoms with Gasteiger partial charge in [-0.1, -0.05) is 31.2 Å². The van der Waals surface area contributed by atoms with Crippen LogP contribution in [0.2, 0.25) is 0 Å². The summed E-state index contributed by atoms with van der Waals surface area (Å²) in [6, 6.07) is 15.3. The van der Waals surface area contributed by atoms with Gasteiger partial charge in [-0.3, -0.25) is 4.90 Å². The molecule has 0 saturated carbocycles. The van der Waals surface area contributed by atoms with Crippen LogP contribution in [0.15, 0.2) is 48.7 Å². The Bertz CT molecular complexity index is 565. The molecule has 2 heterocycles. The Kier molecular flexibility index (Phi) is 4.20. The van der Waals surface area contributed by atoms with Gasteiger partial charge in [-0.15, -0.1) is 0 Å². The third-order valence-corrected chi connectivity index (χ3v) is 4.41. The Labute approximate surface area is 127 Å². The van der Waals surface area contributed by atoms with Gasteiger partial charge in [0.25, 0.3) is 0 Å². The van der Waals surface area contributed by atoms with Gasteiger partial charge in [-0.25, -0.2) is 4.98 Å². The minimum absolute atomic E-state index is 0.554. The van der Waals surface area contributed by atoms with E-state index in [0.717, 1.165) is 18.1 Å². The summed E-state index contributed by atoms with van der Waals surface area (Å²) in [6.45, 7) is 4.58. The molecule has 1 aromatic carbocycles. The molecule has 0 unspecified atom stereocenters. The number of hydrogen-bond acceptors (Lipinski definition) is 3. The van der Waals surface area contributed by atoms with Crippen LogP contribution in [0.25, 0.3) is 0 Å². The lowest BCUT2D eigenvalue weighted by Crippen LogP contribution is -2.22. The molecule has 3 nitrogen and oxygen atoms in total. The summed E-state index contributed by atoms with van der Waals surface area (Å²) in [5.41, 5.74) is 2.51. The topological polar surface area (TPSA) is 19.4 Å². The summed E-state index contributed by atoms with van der Waals surface area (Å²) >= 11 is 0. The van der Waals surface area contributed by atoms with E-state index >= 15 is 0 Å². The number of rotatable bonds is 4. The predicted octanol–water partition coefficient (Wildman–Crippen LogP) is 4.01. The summed E-state index contributed by atoms with van der Waals surface area (Å²) in [5.74, 6) is 0.992. The second-order valence-corrected chi connectivity index (χ2v) is 5.63.